The van der Waals surface area contributed by atoms with Crippen LogP contribution in [0, 0.1) is 0 Å². The summed E-state index contributed by atoms with van der Waals surface area (Å²) in [7, 11) is 3.73. The van der Waals surface area contributed by atoms with E-state index in [-0.39, 0.29) is 11.9 Å². The molecule has 6 nitrogen and oxygen atoms in total. The van der Waals surface area contributed by atoms with Gasteiger partial charge in [-0.15, -0.1) is 0 Å². The molecule has 0 spiro atoms. The first-order chi connectivity index (χ1) is 9.08. The van der Waals surface area contributed by atoms with E-state index in [1.54, 1.807) is 15.8 Å². The molecule has 0 aliphatic carbocycles. The summed E-state index contributed by atoms with van der Waals surface area (Å²) in [5.74, 6) is 0.146. The van der Waals surface area contributed by atoms with E-state index < -0.39 is 0 Å². The SMILES string of the molecule is CC1CN(c2ccnc3c2cnn3C)CC(=O)N1C. The highest BCUT2D eigenvalue weighted by molar-refractivity contribution is 5.92. The van der Waals surface area contributed by atoms with Crippen LogP contribution in [0.3, 0.4) is 0 Å². The molecule has 0 bridgehead atoms. The number of likely N-dealkylation sites (N-methyl/N-ethyl adjacent to an activating group) is 1. The summed E-state index contributed by atoms with van der Waals surface area (Å²) in [6, 6.07) is 2.16. The topological polar surface area (TPSA) is 54.3 Å². The molecule has 0 N–H and O–H groups in total. The number of rotatable bonds is 1. The van der Waals surface area contributed by atoms with Crippen LogP contribution in [0.25, 0.3) is 11.0 Å². The Labute approximate surface area is 111 Å². The quantitative estimate of drug-likeness (QED) is 0.754. The molecule has 6 heteroatoms. The van der Waals surface area contributed by atoms with Gasteiger partial charge in [-0.2, -0.15) is 5.10 Å². The van der Waals surface area contributed by atoms with Crippen LogP contribution in [0.5, 0.6) is 0 Å². The molecule has 19 heavy (non-hydrogen) atoms. The van der Waals surface area contributed by atoms with Gasteiger partial charge in [0.2, 0.25) is 5.91 Å². The number of nitrogens with zero attached hydrogens (tertiary/aromatic N) is 5. The maximum Gasteiger partial charge on any atom is 0.242 e. The van der Waals surface area contributed by atoms with Gasteiger partial charge in [0.1, 0.15) is 0 Å². The van der Waals surface area contributed by atoms with Crippen LogP contribution in [0.1, 0.15) is 6.92 Å². The predicted molar refractivity (Wildman–Crippen MR) is 73.0 cm³/mol. The zero-order chi connectivity index (χ0) is 13.6. The third-order valence-corrected chi connectivity index (χ3v) is 3.82. The van der Waals surface area contributed by atoms with Crippen molar-refractivity contribution in [2.45, 2.75) is 13.0 Å². The summed E-state index contributed by atoms with van der Waals surface area (Å²) in [5.41, 5.74) is 1.88. The Morgan fingerprint density at radius 2 is 2.16 bits per heavy atom. The molecule has 3 rings (SSSR count). The van der Waals surface area contributed by atoms with E-state index >= 15 is 0 Å². The highest BCUT2D eigenvalue weighted by Crippen LogP contribution is 2.26. The maximum atomic E-state index is 12.0. The Kier molecular flexibility index (Phi) is 2.66. The van der Waals surface area contributed by atoms with Crippen LogP contribution >= 0.6 is 0 Å². The number of aromatic nitrogens is 3. The fraction of sp³-hybridized carbons (Fsp3) is 0.462. The number of fused-ring (bicyclic) bond motifs is 1. The normalized spacial score (nSPS) is 20.4. The molecule has 1 saturated heterocycles. The zero-order valence-electron chi connectivity index (χ0n) is 11.4. The molecule has 0 radical (unpaired) electrons. The van der Waals surface area contributed by atoms with Gasteiger partial charge in [-0.25, -0.2) is 4.98 Å². The first-order valence-corrected chi connectivity index (χ1v) is 6.35. The van der Waals surface area contributed by atoms with Gasteiger partial charge in [0.05, 0.1) is 23.8 Å². The number of aryl methyl sites for hydroxylation is 1. The minimum absolute atomic E-state index is 0.146. The average molecular weight is 259 g/mol. The molecule has 0 saturated carbocycles. The Hall–Kier alpha value is -2.11. The monoisotopic (exact) mass is 259 g/mol. The minimum atomic E-state index is 0.146. The van der Waals surface area contributed by atoms with Gasteiger partial charge >= 0.3 is 0 Å². The molecule has 2 aromatic rings. The van der Waals surface area contributed by atoms with Crippen LogP contribution < -0.4 is 4.90 Å². The van der Waals surface area contributed by atoms with Gasteiger partial charge in [-0.1, -0.05) is 0 Å². The lowest BCUT2D eigenvalue weighted by Crippen LogP contribution is -2.53. The second kappa shape index (κ2) is 4.22. The van der Waals surface area contributed by atoms with Crippen LogP contribution in [-0.4, -0.2) is 51.8 Å². The van der Waals surface area contributed by atoms with Crippen molar-refractivity contribution in [2.24, 2.45) is 7.05 Å². The number of piperazine rings is 1. The van der Waals surface area contributed by atoms with Crippen molar-refractivity contribution in [3.05, 3.63) is 18.5 Å². The van der Waals surface area contributed by atoms with Crippen molar-refractivity contribution in [1.82, 2.24) is 19.7 Å². The number of carbonyl (C=O) groups is 1. The molecule has 1 fully saturated rings. The Morgan fingerprint density at radius 1 is 1.37 bits per heavy atom. The highest BCUT2D eigenvalue weighted by Gasteiger charge is 2.28. The summed E-state index contributed by atoms with van der Waals surface area (Å²) < 4.78 is 1.75. The van der Waals surface area contributed by atoms with Gasteiger partial charge in [-0.05, 0) is 13.0 Å². The van der Waals surface area contributed by atoms with Gasteiger partial charge in [0, 0.05) is 32.9 Å². The fourth-order valence-corrected chi connectivity index (χ4v) is 2.52. The maximum absolute atomic E-state index is 12.0. The fourth-order valence-electron chi connectivity index (χ4n) is 2.52. The lowest BCUT2D eigenvalue weighted by Gasteiger charge is -2.38. The summed E-state index contributed by atoms with van der Waals surface area (Å²) >= 11 is 0. The number of carbonyl (C=O) groups excluding carboxylic acids is 1. The van der Waals surface area contributed by atoms with Gasteiger partial charge in [0.25, 0.3) is 0 Å². The molecular weight excluding hydrogens is 242 g/mol. The molecule has 1 unspecified atom stereocenters. The molecule has 100 valence electrons. The molecule has 2 aromatic heterocycles. The summed E-state index contributed by atoms with van der Waals surface area (Å²) in [6.07, 6.45) is 3.58. The van der Waals surface area contributed by atoms with Crippen LogP contribution in [0.15, 0.2) is 18.5 Å². The van der Waals surface area contributed by atoms with Crippen molar-refractivity contribution in [2.75, 3.05) is 25.0 Å². The van der Waals surface area contributed by atoms with E-state index in [2.05, 4.69) is 21.9 Å². The standard InChI is InChI=1S/C13H17N5O/c1-9-7-18(8-12(19)16(9)2)11-4-5-14-13-10(11)6-15-17(13)3/h4-6,9H,7-8H2,1-3H3. The summed E-state index contributed by atoms with van der Waals surface area (Å²) in [6.45, 7) is 3.30. The van der Waals surface area contributed by atoms with Crippen LogP contribution in [0.4, 0.5) is 5.69 Å². The lowest BCUT2D eigenvalue weighted by molar-refractivity contribution is -0.131. The number of hydrogen-bond acceptors (Lipinski definition) is 4. The molecule has 3 heterocycles. The first-order valence-electron chi connectivity index (χ1n) is 6.35. The lowest BCUT2D eigenvalue weighted by atomic mass is 10.1. The minimum Gasteiger partial charge on any atom is -0.359 e. The third-order valence-electron chi connectivity index (χ3n) is 3.82. The van der Waals surface area contributed by atoms with E-state index in [9.17, 15) is 4.79 Å². The molecule has 1 atom stereocenters. The van der Waals surface area contributed by atoms with Crippen molar-refractivity contribution in [3.8, 4) is 0 Å². The Bertz CT molecular complexity index is 635. The highest BCUT2D eigenvalue weighted by atomic mass is 16.2. The Morgan fingerprint density at radius 3 is 2.89 bits per heavy atom. The van der Waals surface area contributed by atoms with Crippen molar-refractivity contribution < 1.29 is 4.79 Å². The van der Waals surface area contributed by atoms with Crippen molar-refractivity contribution in [1.29, 1.82) is 0 Å². The average Bonchev–Trinajstić information content (AvgIpc) is 2.77. The smallest absolute Gasteiger partial charge is 0.242 e. The van der Waals surface area contributed by atoms with Gasteiger partial charge in [0.15, 0.2) is 5.65 Å². The zero-order valence-corrected chi connectivity index (χ0v) is 11.4. The van der Waals surface area contributed by atoms with Crippen molar-refractivity contribution >= 4 is 22.6 Å². The number of pyridine rings is 1. The van der Waals surface area contributed by atoms with Gasteiger partial charge in [-0.3, -0.25) is 9.48 Å². The van der Waals surface area contributed by atoms with E-state index in [1.165, 1.54) is 0 Å². The predicted octanol–water partition coefficient (Wildman–Crippen LogP) is 0.635. The molecule has 1 aliphatic heterocycles. The molecule has 1 amide bonds. The molecule has 0 aromatic carbocycles. The van der Waals surface area contributed by atoms with E-state index in [1.807, 2.05) is 26.4 Å². The summed E-state index contributed by atoms with van der Waals surface area (Å²) in [4.78, 5) is 20.2. The van der Waals surface area contributed by atoms with Gasteiger partial charge < -0.3 is 9.80 Å². The Balaban J connectivity index is 2.03. The van der Waals surface area contributed by atoms with E-state index in [0.717, 1.165) is 23.3 Å². The molecule has 1 aliphatic rings. The number of amides is 1. The van der Waals surface area contributed by atoms with Crippen LogP contribution in [0.2, 0.25) is 0 Å². The second-order valence-electron chi connectivity index (χ2n) is 5.07. The van der Waals surface area contributed by atoms with Crippen molar-refractivity contribution in [3.63, 3.8) is 0 Å². The number of anilines is 1. The van der Waals surface area contributed by atoms with E-state index in [0.29, 0.717) is 6.54 Å². The largest absolute Gasteiger partial charge is 0.359 e. The number of hydrogen-bond donors (Lipinski definition) is 0. The van der Waals surface area contributed by atoms with Crippen LogP contribution in [-0.2, 0) is 11.8 Å². The third kappa shape index (κ3) is 1.83. The molecular formula is C13H17N5O. The second-order valence-corrected chi connectivity index (χ2v) is 5.07. The summed E-state index contributed by atoms with van der Waals surface area (Å²) in [5, 5.41) is 5.23. The first kappa shape index (κ1) is 12.0. The van der Waals surface area contributed by atoms with E-state index in [4.69, 9.17) is 0 Å².